The molecule has 1 heterocycles. The zero-order valence-corrected chi connectivity index (χ0v) is 21.5. The first-order chi connectivity index (χ1) is 17.2. The first kappa shape index (κ1) is 31.2. The number of likely N-dealkylation sites (tertiary alicyclic amines) is 1. The van der Waals surface area contributed by atoms with E-state index in [0.717, 1.165) is 0 Å². The van der Waals surface area contributed by atoms with E-state index >= 15 is 0 Å². The summed E-state index contributed by atoms with van der Waals surface area (Å²) in [7, 11) is 0. The molecule has 0 spiro atoms. The van der Waals surface area contributed by atoms with Crippen LogP contribution in [0.15, 0.2) is 0 Å². The Hall–Kier alpha value is -3.00. The Kier molecular flexibility index (Phi) is 9.36. The molecule has 1 aliphatic heterocycles. The van der Waals surface area contributed by atoms with Crippen molar-refractivity contribution in [1.29, 1.82) is 0 Å². The smallest absolute Gasteiger partial charge is 0.405 e. The highest BCUT2D eigenvalue weighted by atomic mass is 19.4. The van der Waals surface area contributed by atoms with E-state index < -0.39 is 97.0 Å². The molecular formula is C23H33F5N4O6. The monoisotopic (exact) mass is 556 g/mol. The van der Waals surface area contributed by atoms with E-state index in [2.05, 4.69) is 10.6 Å². The lowest BCUT2D eigenvalue weighted by molar-refractivity contribution is -0.171. The van der Waals surface area contributed by atoms with Gasteiger partial charge in [-0.3, -0.25) is 19.2 Å². The van der Waals surface area contributed by atoms with Gasteiger partial charge >= 0.3 is 12.3 Å². The van der Waals surface area contributed by atoms with Gasteiger partial charge in [0.15, 0.2) is 0 Å². The van der Waals surface area contributed by atoms with Gasteiger partial charge in [-0.15, -0.1) is 0 Å². The molecule has 2 aliphatic rings. The molecule has 216 valence electrons. The second-order valence-corrected chi connectivity index (χ2v) is 11.0. The Morgan fingerprint density at radius 1 is 0.974 bits per heavy atom. The van der Waals surface area contributed by atoms with E-state index in [-0.39, 0.29) is 6.04 Å². The van der Waals surface area contributed by atoms with Gasteiger partial charge in [-0.1, -0.05) is 20.8 Å². The minimum absolute atomic E-state index is 0.262. The number of carbonyl (C=O) groups is 5. The summed E-state index contributed by atoms with van der Waals surface area (Å²) >= 11 is 0. The van der Waals surface area contributed by atoms with Gasteiger partial charge in [-0.2, -0.15) is 13.2 Å². The summed E-state index contributed by atoms with van der Waals surface area (Å²) in [6.45, 7) is 4.01. The largest absolute Gasteiger partial charge is 0.465 e. The first-order valence-electron chi connectivity index (χ1n) is 12.1. The minimum atomic E-state index is -4.81. The van der Waals surface area contributed by atoms with Crippen molar-refractivity contribution in [2.75, 3.05) is 6.54 Å². The molecule has 4 N–H and O–H groups in total. The third kappa shape index (κ3) is 8.79. The third-order valence-corrected chi connectivity index (χ3v) is 6.37. The van der Waals surface area contributed by atoms with Crippen molar-refractivity contribution < 1.29 is 51.0 Å². The standard InChI is InChI=1S/C23H33F5N4O6/c1-21(2,3)16(31-20(37)38)19(36)32-10-11(23(26,27)28)9-14(32)17(34)30-13(7-8-22(4,24)25)15(33)18(35)29-12-5-6-12/h11-14,16,31H,5-10H2,1-4H3,(H,29,35)(H,30,34)(H,37,38)/t11-,13?,14+,16?/m1/s1. The molecule has 4 atom stereocenters. The number of alkyl halides is 5. The lowest BCUT2D eigenvalue weighted by Gasteiger charge is -2.35. The summed E-state index contributed by atoms with van der Waals surface area (Å²) < 4.78 is 67.8. The third-order valence-electron chi connectivity index (χ3n) is 6.37. The van der Waals surface area contributed by atoms with Crippen LogP contribution in [-0.2, 0) is 19.2 Å². The molecule has 1 aliphatic carbocycles. The van der Waals surface area contributed by atoms with Crippen LogP contribution in [0.3, 0.4) is 0 Å². The zero-order valence-electron chi connectivity index (χ0n) is 21.5. The van der Waals surface area contributed by atoms with Crippen LogP contribution in [0.5, 0.6) is 0 Å². The Morgan fingerprint density at radius 3 is 2.00 bits per heavy atom. The van der Waals surface area contributed by atoms with Gasteiger partial charge in [0.25, 0.3) is 5.91 Å². The van der Waals surface area contributed by atoms with Crippen LogP contribution in [-0.4, -0.2) is 82.4 Å². The molecule has 2 rings (SSSR count). The fraction of sp³-hybridized carbons (Fsp3) is 0.783. The summed E-state index contributed by atoms with van der Waals surface area (Å²) in [5.74, 6) is -10.1. The second-order valence-electron chi connectivity index (χ2n) is 11.0. The number of hydrogen-bond acceptors (Lipinski definition) is 5. The predicted octanol–water partition coefficient (Wildman–Crippen LogP) is 2.22. The molecule has 38 heavy (non-hydrogen) atoms. The number of nitrogens with zero attached hydrogens (tertiary/aromatic N) is 1. The number of amides is 4. The summed E-state index contributed by atoms with van der Waals surface area (Å²) in [5, 5.41) is 15.6. The van der Waals surface area contributed by atoms with Crippen LogP contribution in [0.4, 0.5) is 26.7 Å². The topological polar surface area (TPSA) is 145 Å². The maximum atomic E-state index is 13.6. The summed E-state index contributed by atoms with van der Waals surface area (Å²) in [6.07, 6.45) is -7.69. The van der Waals surface area contributed by atoms with Crippen LogP contribution in [0.1, 0.15) is 59.8 Å². The van der Waals surface area contributed by atoms with Crippen molar-refractivity contribution in [3.63, 3.8) is 0 Å². The van der Waals surface area contributed by atoms with Crippen molar-refractivity contribution in [2.45, 2.75) is 96.1 Å². The van der Waals surface area contributed by atoms with Gasteiger partial charge in [0.1, 0.15) is 12.1 Å². The van der Waals surface area contributed by atoms with Gasteiger partial charge in [0.05, 0.1) is 12.0 Å². The van der Waals surface area contributed by atoms with Crippen molar-refractivity contribution in [3.05, 3.63) is 0 Å². The number of hydrogen-bond donors (Lipinski definition) is 4. The molecule has 1 saturated heterocycles. The Balaban J connectivity index is 2.33. The van der Waals surface area contributed by atoms with Gasteiger partial charge in [-0.05, 0) is 38.0 Å². The summed E-state index contributed by atoms with van der Waals surface area (Å²) in [5.41, 5.74) is -1.10. The van der Waals surface area contributed by atoms with E-state index in [4.69, 9.17) is 5.11 Å². The van der Waals surface area contributed by atoms with E-state index in [9.17, 15) is 45.9 Å². The average Bonchev–Trinajstić information content (AvgIpc) is 3.43. The van der Waals surface area contributed by atoms with Crippen molar-refractivity contribution in [1.82, 2.24) is 20.9 Å². The summed E-state index contributed by atoms with van der Waals surface area (Å²) in [4.78, 5) is 63.1. The zero-order chi connectivity index (χ0) is 29.2. The second kappa shape index (κ2) is 11.4. The lowest BCUT2D eigenvalue weighted by Crippen LogP contribution is -2.59. The Morgan fingerprint density at radius 2 is 1.55 bits per heavy atom. The van der Waals surface area contributed by atoms with Crippen LogP contribution < -0.4 is 16.0 Å². The summed E-state index contributed by atoms with van der Waals surface area (Å²) in [6, 6.07) is -5.35. The average molecular weight is 557 g/mol. The van der Waals surface area contributed by atoms with Crippen molar-refractivity contribution in [3.8, 4) is 0 Å². The maximum Gasteiger partial charge on any atom is 0.405 e. The van der Waals surface area contributed by atoms with E-state index in [1.54, 1.807) is 0 Å². The number of rotatable bonds is 10. The molecule has 4 amide bonds. The molecule has 0 radical (unpaired) electrons. The molecule has 10 nitrogen and oxygen atoms in total. The highest BCUT2D eigenvalue weighted by Crippen LogP contribution is 2.38. The fourth-order valence-electron chi connectivity index (χ4n) is 4.08. The number of nitrogens with one attached hydrogen (secondary N) is 3. The minimum Gasteiger partial charge on any atom is -0.465 e. The van der Waals surface area contributed by atoms with Crippen LogP contribution >= 0.6 is 0 Å². The SMILES string of the molecule is CC(F)(F)CCC(NC(=O)[C@@H]1C[C@@H](C(F)(F)F)CN1C(=O)C(NC(=O)O)C(C)(C)C)C(=O)C(=O)NC1CC1. The van der Waals surface area contributed by atoms with E-state index in [1.165, 1.54) is 20.8 Å². The van der Waals surface area contributed by atoms with E-state index in [1.807, 2.05) is 5.32 Å². The van der Waals surface area contributed by atoms with Gasteiger partial charge in [0.2, 0.25) is 23.5 Å². The van der Waals surface area contributed by atoms with Crippen LogP contribution in [0.25, 0.3) is 0 Å². The molecular weight excluding hydrogens is 523 g/mol. The Labute approximate surface area is 216 Å². The van der Waals surface area contributed by atoms with Gasteiger partial charge in [-0.25, -0.2) is 13.6 Å². The number of carbonyl (C=O) groups excluding carboxylic acids is 4. The molecule has 1 saturated carbocycles. The highest BCUT2D eigenvalue weighted by molar-refractivity contribution is 6.38. The fourth-order valence-corrected chi connectivity index (χ4v) is 4.08. The molecule has 0 aromatic heterocycles. The quantitative estimate of drug-likeness (QED) is 0.240. The van der Waals surface area contributed by atoms with Crippen molar-refractivity contribution >= 4 is 29.6 Å². The van der Waals surface area contributed by atoms with Gasteiger partial charge < -0.3 is 26.0 Å². The molecule has 0 aromatic carbocycles. The molecule has 2 fully saturated rings. The molecule has 2 unspecified atom stereocenters. The molecule has 0 aromatic rings. The molecule has 0 bridgehead atoms. The predicted molar refractivity (Wildman–Crippen MR) is 122 cm³/mol. The number of Topliss-reactive ketones (excluding diaryl/α,β-unsaturated/α-hetero) is 1. The first-order valence-corrected chi connectivity index (χ1v) is 12.1. The van der Waals surface area contributed by atoms with Crippen molar-refractivity contribution in [2.24, 2.45) is 11.3 Å². The van der Waals surface area contributed by atoms with Crippen LogP contribution in [0, 0.1) is 11.3 Å². The van der Waals surface area contributed by atoms with Crippen LogP contribution in [0.2, 0.25) is 0 Å². The normalized spacial score (nSPS) is 21.9. The lowest BCUT2D eigenvalue weighted by atomic mass is 9.85. The highest BCUT2D eigenvalue weighted by Gasteiger charge is 2.53. The maximum absolute atomic E-state index is 13.6. The number of ketones is 1. The Bertz CT molecular complexity index is 942. The number of halogens is 5. The number of carboxylic acid groups (broad SMARTS) is 1. The van der Waals surface area contributed by atoms with E-state index in [0.29, 0.717) is 24.7 Å². The molecule has 15 heteroatoms. The van der Waals surface area contributed by atoms with Gasteiger partial charge in [0, 0.05) is 19.0 Å².